The molecule has 0 radical (unpaired) electrons. The van der Waals surface area contributed by atoms with Crippen LogP contribution in [0.3, 0.4) is 0 Å². The third kappa shape index (κ3) is 5.77. The van der Waals surface area contributed by atoms with E-state index in [0.717, 1.165) is 10.4 Å². The lowest BCUT2D eigenvalue weighted by atomic mass is 9.87. The molecule has 1 unspecified atom stereocenters. The second-order valence-corrected chi connectivity index (χ2v) is 8.76. The van der Waals surface area contributed by atoms with Gasteiger partial charge in [-0.1, -0.05) is 30.3 Å². The molecule has 0 bridgehead atoms. The van der Waals surface area contributed by atoms with Crippen LogP contribution in [-0.2, 0) is 32.1 Å². The first-order chi connectivity index (χ1) is 13.7. The van der Waals surface area contributed by atoms with Crippen molar-refractivity contribution in [1.29, 1.82) is 0 Å². The van der Waals surface area contributed by atoms with E-state index in [0.29, 0.717) is 11.6 Å². The number of carbonyl (C=O) groups is 3. The van der Waals surface area contributed by atoms with Gasteiger partial charge >= 0.3 is 12.1 Å². The van der Waals surface area contributed by atoms with Crippen LogP contribution in [0.2, 0.25) is 0 Å². The first-order valence-corrected chi connectivity index (χ1v) is 9.98. The summed E-state index contributed by atoms with van der Waals surface area (Å²) in [7, 11) is 0. The van der Waals surface area contributed by atoms with E-state index in [1.54, 1.807) is 27.0 Å². The number of benzene rings is 1. The van der Waals surface area contributed by atoms with Gasteiger partial charge in [-0.25, -0.2) is 14.6 Å². The molecule has 0 saturated carbocycles. The van der Waals surface area contributed by atoms with E-state index >= 15 is 0 Å². The molecule has 9 heteroatoms. The Hall–Kier alpha value is -2.94. The number of ether oxygens (including phenoxy) is 2. The number of hydrogen-bond acceptors (Lipinski definition) is 7. The predicted octanol–water partition coefficient (Wildman–Crippen LogP) is 2.89. The number of carbonyl (C=O) groups excluding carboxylic acids is 3. The molecule has 2 atom stereocenters. The van der Waals surface area contributed by atoms with Gasteiger partial charge in [0.05, 0.1) is 5.92 Å². The van der Waals surface area contributed by atoms with Gasteiger partial charge in [0.1, 0.15) is 18.2 Å². The van der Waals surface area contributed by atoms with Crippen LogP contribution in [0, 0.1) is 5.92 Å². The molecule has 8 nitrogen and oxygen atoms in total. The highest BCUT2D eigenvalue weighted by atomic mass is 32.1. The molecule has 1 aromatic heterocycles. The third-order valence-electron chi connectivity index (χ3n) is 4.10. The zero-order valence-electron chi connectivity index (χ0n) is 16.4. The highest BCUT2D eigenvalue weighted by Gasteiger charge is 2.45. The number of anilines is 1. The summed E-state index contributed by atoms with van der Waals surface area (Å²) in [6.07, 6.45) is 1.32. The summed E-state index contributed by atoms with van der Waals surface area (Å²) in [6.45, 7) is 5.47. The van der Waals surface area contributed by atoms with Crippen LogP contribution < -0.4 is 10.6 Å². The summed E-state index contributed by atoms with van der Waals surface area (Å²) < 4.78 is 10.5. The molecule has 1 saturated heterocycles. The van der Waals surface area contributed by atoms with E-state index in [4.69, 9.17) is 9.47 Å². The fourth-order valence-corrected chi connectivity index (χ4v) is 3.59. The van der Waals surface area contributed by atoms with Gasteiger partial charge in [0.2, 0.25) is 5.91 Å². The quantitative estimate of drug-likeness (QED) is 0.553. The van der Waals surface area contributed by atoms with Crippen molar-refractivity contribution < 1.29 is 23.9 Å². The molecule has 2 N–H and O–H groups in total. The zero-order chi connectivity index (χ0) is 21.0. The number of hydrogen-bond donors (Lipinski definition) is 2. The average molecular weight is 417 g/mol. The maximum absolute atomic E-state index is 12.3. The summed E-state index contributed by atoms with van der Waals surface area (Å²) >= 11 is 1.24. The van der Waals surface area contributed by atoms with Gasteiger partial charge in [0.25, 0.3) is 0 Å². The second kappa shape index (κ2) is 8.60. The lowest BCUT2D eigenvalue weighted by Gasteiger charge is -2.34. The Kier molecular flexibility index (Phi) is 6.17. The number of nitrogens with one attached hydrogen (secondary N) is 2. The predicted molar refractivity (Wildman–Crippen MR) is 107 cm³/mol. The van der Waals surface area contributed by atoms with Crippen molar-refractivity contribution >= 4 is 34.4 Å². The normalized spacial score (nSPS) is 18.4. The number of nitrogens with zero attached hydrogens (tertiary/aromatic N) is 1. The van der Waals surface area contributed by atoms with E-state index in [-0.39, 0.29) is 12.5 Å². The second-order valence-electron chi connectivity index (χ2n) is 7.65. The molecule has 1 aliphatic rings. The van der Waals surface area contributed by atoms with Crippen molar-refractivity contribution in [1.82, 2.24) is 10.3 Å². The Morgan fingerprint density at radius 1 is 1.24 bits per heavy atom. The summed E-state index contributed by atoms with van der Waals surface area (Å²) in [5, 5.41) is 5.53. The number of thiazole rings is 1. The van der Waals surface area contributed by atoms with Crippen molar-refractivity contribution in [2.45, 2.75) is 45.4 Å². The van der Waals surface area contributed by atoms with Crippen molar-refractivity contribution in [3.8, 4) is 0 Å². The third-order valence-corrected chi connectivity index (χ3v) is 5.03. The van der Waals surface area contributed by atoms with Gasteiger partial charge in [-0.2, -0.15) is 0 Å². The zero-order valence-corrected chi connectivity index (χ0v) is 17.2. The Balaban J connectivity index is 1.52. The Morgan fingerprint density at radius 3 is 2.62 bits per heavy atom. The molecular weight excluding hydrogens is 394 g/mol. The monoisotopic (exact) mass is 417 g/mol. The molecular formula is C20H23N3O5S. The standard InChI is InChI=1S/C20H23N3O5S/c1-20(2,3)28-19(26)23-18-21-10-13(29-18)9-14-15(22-16(14)24)17(25)27-11-12-7-5-4-6-8-12/h4-8,10,14-15H,9,11H2,1-3H3,(H,22,24)(H,21,23,26)/t14?,15-/m0/s1. The smallest absolute Gasteiger partial charge is 0.413 e. The Morgan fingerprint density at radius 2 is 1.97 bits per heavy atom. The molecule has 2 aromatic rings. The maximum Gasteiger partial charge on any atom is 0.413 e. The number of amides is 2. The molecule has 1 aromatic carbocycles. The molecule has 154 valence electrons. The maximum atomic E-state index is 12.3. The van der Waals surface area contributed by atoms with Crippen LogP contribution in [-0.4, -0.2) is 34.6 Å². The molecule has 3 rings (SSSR count). The number of β-lactam (4-membered cyclic amide) rings is 1. The van der Waals surface area contributed by atoms with Crippen molar-refractivity contribution in [2.75, 3.05) is 5.32 Å². The molecule has 2 heterocycles. The van der Waals surface area contributed by atoms with E-state index in [2.05, 4.69) is 15.6 Å². The summed E-state index contributed by atoms with van der Waals surface area (Å²) in [5.74, 6) is -1.19. The molecule has 0 spiro atoms. The first kappa shape index (κ1) is 20.8. The molecule has 1 aliphatic heterocycles. The van der Waals surface area contributed by atoms with Crippen molar-refractivity contribution in [2.24, 2.45) is 5.92 Å². The van der Waals surface area contributed by atoms with Crippen molar-refractivity contribution in [3.63, 3.8) is 0 Å². The average Bonchev–Trinajstić information content (AvgIpc) is 3.08. The van der Waals surface area contributed by atoms with Crippen LogP contribution in [0.15, 0.2) is 36.5 Å². The number of rotatable bonds is 6. The van der Waals surface area contributed by atoms with E-state index < -0.39 is 29.6 Å². The molecule has 0 aliphatic carbocycles. The van der Waals surface area contributed by atoms with Crippen LogP contribution in [0.4, 0.5) is 9.93 Å². The minimum absolute atomic E-state index is 0.156. The van der Waals surface area contributed by atoms with Crippen LogP contribution in [0.25, 0.3) is 0 Å². The lowest BCUT2D eigenvalue weighted by molar-refractivity contribution is -0.158. The molecule has 29 heavy (non-hydrogen) atoms. The van der Waals surface area contributed by atoms with E-state index in [9.17, 15) is 14.4 Å². The largest absolute Gasteiger partial charge is 0.459 e. The fraction of sp³-hybridized carbons (Fsp3) is 0.400. The summed E-state index contributed by atoms with van der Waals surface area (Å²) in [5.41, 5.74) is 0.269. The van der Waals surface area contributed by atoms with E-state index in [1.165, 1.54) is 11.3 Å². The molecule has 2 amide bonds. The highest BCUT2D eigenvalue weighted by molar-refractivity contribution is 7.15. The van der Waals surface area contributed by atoms with E-state index in [1.807, 2.05) is 30.3 Å². The topological polar surface area (TPSA) is 107 Å². The fourth-order valence-electron chi connectivity index (χ4n) is 2.74. The van der Waals surface area contributed by atoms with Gasteiger partial charge in [0, 0.05) is 11.1 Å². The van der Waals surface area contributed by atoms with Crippen LogP contribution >= 0.6 is 11.3 Å². The van der Waals surface area contributed by atoms with Gasteiger partial charge < -0.3 is 14.8 Å². The van der Waals surface area contributed by atoms with Gasteiger partial charge in [0.15, 0.2) is 5.13 Å². The van der Waals surface area contributed by atoms with Gasteiger partial charge in [-0.3, -0.25) is 10.1 Å². The number of aromatic nitrogens is 1. The van der Waals surface area contributed by atoms with Crippen LogP contribution in [0.1, 0.15) is 31.2 Å². The minimum Gasteiger partial charge on any atom is -0.459 e. The van der Waals surface area contributed by atoms with Gasteiger partial charge in [-0.05, 0) is 32.8 Å². The van der Waals surface area contributed by atoms with Gasteiger partial charge in [-0.15, -0.1) is 11.3 Å². The highest BCUT2D eigenvalue weighted by Crippen LogP contribution is 2.27. The van der Waals surface area contributed by atoms with Crippen molar-refractivity contribution in [3.05, 3.63) is 47.0 Å². The minimum atomic E-state index is -0.685. The van der Waals surface area contributed by atoms with Crippen LogP contribution in [0.5, 0.6) is 0 Å². The summed E-state index contributed by atoms with van der Waals surface area (Å²) in [4.78, 5) is 41.0. The number of esters is 1. The SMILES string of the molecule is CC(C)(C)OC(=O)Nc1ncc(CC2C(=O)N[C@@H]2C(=O)OCc2ccccc2)s1. The first-order valence-electron chi connectivity index (χ1n) is 9.17. The molecule has 1 fully saturated rings. The summed E-state index contributed by atoms with van der Waals surface area (Å²) in [6, 6.07) is 8.65. The Bertz CT molecular complexity index is 891. The lowest BCUT2D eigenvalue weighted by Crippen LogP contribution is -2.62. The Labute approximate surface area is 172 Å².